The summed E-state index contributed by atoms with van der Waals surface area (Å²) >= 11 is 2.00. The maximum atomic E-state index is 11.1. The SMILES string of the molecule is N#CCNC(=O)CNCCN1CCSCC1. The number of carbonyl (C=O) groups excluding carboxylic acids is 1. The predicted octanol–water partition coefficient (Wildman–Crippen LogP) is -0.735. The Hall–Kier alpha value is -0.770. The smallest absolute Gasteiger partial charge is 0.234 e. The van der Waals surface area contributed by atoms with E-state index in [1.807, 2.05) is 17.8 Å². The van der Waals surface area contributed by atoms with Crippen molar-refractivity contribution in [1.29, 1.82) is 5.26 Å². The van der Waals surface area contributed by atoms with Gasteiger partial charge >= 0.3 is 0 Å². The first kappa shape index (κ1) is 13.3. The first-order chi connectivity index (χ1) is 7.83. The van der Waals surface area contributed by atoms with E-state index in [0.717, 1.165) is 26.2 Å². The third-order valence-electron chi connectivity index (χ3n) is 2.36. The standard InChI is InChI=1S/C10H18N4OS/c11-1-2-13-10(15)9-12-3-4-14-5-7-16-8-6-14/h12H,2-9H2,(H,13,15). The quantitative estimate of drug-likeness (QED) is 0.474. The van der Waals surface area contributed by atoms with Crippen LogP contribution >= 0.6 is 11.8 Å². The Kier molecular flexibility index (Phi) is 6.97. The average molecular weight is 242 g/mol. The van der Waals surface area contributed by atoms with Crippen LogP contribution in [0.25, 0.3) is 0 Å². The van der Waals surface area contributed by atoms with Gasteiger partial charge in [0, 0.05) is 37.7 Å². The Bertz CT molecular complexity index is 248. The second-order valence-electron chi connectivity index (χ2n) is 3.57. The van der Waals surface area contributed by atoms with E-state index < -0.39 is 0 Å². The van der Waals surface area contributed by atoms with E-state index >= 15 is 0 Å². The van der Waals surface area contributed by atoms with Gasteiger partial charge in [0.1, 0.15) is 6.54 Å². The molecule has 1 saturated heterocycles. The molecule has 1 fully saturated rings. The summed E-state index contributed by atoms with van der Waals surface area (Å²) in [6.07, 6.45) is 0. The molecule has 0 radical (unpaired) electrons. The number of nitriles is 1. The molecular formula is C10H18N4OS. The third-order valence-corrected chi connectivity index (χ3v) is 3.30. The van der Waals surface area contributed by atoms with E-state index in [9.17, 15) is 4.79 Å². The Morgan fingerprint density at radius 3 is 2.88 bits per heavy atom. The first-order valence-corrected chi connectivity index (χ1v) is 6.63. The zero-order chi connectivity index (χ0) is 11.6. The highest BCUT2D eigenvalue weighted by atomic mass is 32.2. The Labute approximate surface area is 101 Å². The molecule has 90 valence electrons. The molecule has 0 aromatic rings. The molecule has 0 atom stereocenters. The fourth-order valence-electron chi connectivity index (χ4n) is 1.46. The summed E-state index contributed by atoms with van der Waals surface area (Å²) in [5.74, 6) is 2.31. The van der Waals surface area contributed by atoms with Gasteiger partial charge in [0.05, 0.1) is 12.6 Å². The second-order valence-corrected chi connectivity index (χ2v) is 4.79. The summed E-state index contributed by atoms with van der Waals surface area (Å²) in [4.78, 5) is 13.5. The molecule has 0 bridgehead atoms. The van der Waals surface area contributed by atoms with Gasteiger partial charge in [-0.25, -0.2) is 0 Å². The largest absolute Gasteiger partial charge is 0.342 e. The van der Waals surface area contributed by atoms with Crippen LogP contribution in [0, 0.1) is 11.3 Å². The maximum absolute atomic E-state index is 11.1. The van der Waals surface area contributed by atoms with Gasteiger partial charge in [-0.3, -0.25) is 4.79 Å². The first-order valence-electron chi connectivity index (χ1n) is 5.47. The highest BCUT2D eigenvalue weighted by Crippen LogP contribution is 2.07. The van der Waals surface area contributed by atoms with E-state index in [4.69, 9.17) is 5.26 Å². The molecule has 0 spiro atoms. The normalized spacial score (nSPS) is 16.7. The van der Waals surface area contributed by atoms with E-state index in [-0.39, 0.29) is 12.5 Å². The number of amides is 1. The summed E-state index contributed by atoms with van der Waals surface area (Å²) in [6, 6.07) is 1.87. The number of rotatable bonds is 6. The van der Waals surface area contributed by atoms with Gasteiger partial charge in [0.15, 0.2) is 0 Å². The number of carbonyl (C=O) groups is 1. The van der Waals surface area contributed by atoms with Crippen LogP contribution in [-0.2, 0) is 4.79 Å². The van der Waals surface area contributed by atoms with Crippen LogP contribution in [0.15, 0.2) is 0 Å². The molecule has 5 nitrogen and oxygen atoms in total. The summed E-state index contributed by atoms with van der Waals surface area (Å²) in [7, 11) is 0. The number of thioether (sulfide) groups is 1. The van der Waals surface area contributed by atoms with Gasteiger partial charge in [-0.2, -0.15) is 17.0 Å². The summed E-state index contributed by atoms with van der Waals surface area (Å²) in [5.41, 5.74) is 0. The number of nitrogens with zero attached hydrogens (tertiary/aromatic N) is 2. The fourth-order valence-corrected chi connectivity index (χ4v) is 2.44. The molecule has 2 N–H and O–H groups in total. The molecule has 16 heavy (non-hydrogen) atoms. The molecule has 0 saturated carbocycles. The molecule has 1 aliphatic rings. The van der Waals surface area contributed by atoms with Crippen molar-refractivity contribution in [3.8, 4) is 6.07 Å². The van der Waals surface area contributed by atoms with Gasteiger partial charge in [-0.05, 0) is 0 Å². The Morgan fingerprint density at radius 2 is 2.19 bits per heavy atom. The fraction of sp³-hybridized carbons (Fsp3) is 0.800. The van der Waals surface area contributed by atoms with E-state index in [2.05, 4.69) is 15.5 Å². The molecule has 6 heteroatoms. The highest BCUT2D eigenvalue weighted by Gasteiger charge is 2.09. The van der Waals surface area contributed by atoms with Crippen molar-refractivity contribution in [3.05, 3.63) is 0 Å². The minimum atomic E-state index is -0.115. The Morgan fingerprint density at radius 1 is 1.44 bits per heavy atom. The highest BCUT2D eigenvalue weighted by molar-refractivity contribution is 7.99. The van der Waals surface area contributed by atoms with Gasteiger partial charge < -0.3 is 15.5 Å². The number of hydrogen-bond donors (Lipinski definition) is 2. The lowest BCUT2D eigenvalue weighted by Gasteiger charge is -2.25. The molecule has 1 aliphatic heterocycles. The molecule has 1 heterocycles. The van der Waals surface area contributed by atoms with Crippen molar-refractivity contribution >= 4 is 17.7 Å². The van der Waals surface area contributed by atoms with E-state index in [1.54, 1.807) is 0 Å². The lowest BCUT2D eigenvalue weighted by atomic mass is 10.4. The van der Waals surface area contributed by atoms with Crippen LogP contribution in [0.2, 0.25) is 0 Å². The van der Waals surface area contributed by atoms with Crippen LogP contribution < -0.4 is 10.6 Å². The van der Waals surface area contributed by atoms with Crippen LogP contribution in [-0.4, -0.2) is 61.6 Å². The van der Waals surface area contributed by atoms with Gasteiger partial charge in [0.25, 0.3) is 0 Å². The monoisotopic (exact) mass is 242 g/mol. The van der Waals surface area contributed by atoms with Crippen LogP contribution in [0.3, 0.4) is 0 Å². The summed E-state index contributed by atoms with van der Waals surface area (Å²) in [6.45, 7) is 4.49. The van der Waals surface area contributed by atoms with E-state index in [0.29, 0.717) is 6.54 Å². The van der Waals surface area contributed by atoms with Gasteiger partial charge in [0.2, 0.25) is 5.91 Å². The molecule has 0 aromatic carbocycles. The predicted molar refractivity (Wildman–Crippen MR) is 65.3 cm³/mol. The lowest BCUT2D eigenvalue weighted by Crippen LogP contribution is -2.40. The van der Waals surface area contributed by atoms with Crippen molar-refractivity contribution in [2.75, 3.05) is 50.8 Å². The molecular weight excluding hydrogens is 224 g/mol. The molecule has 0 unspecified atom stereocenters. The minimum absolute atomic E-state index is 0.0872. The molecule has 1 amide bonds. The van der Waals surface area contributed by atoms with Crippen molar-refractivity contribution in [1.82, 2.24) is 15.5 Å². The molecule has 1 rings (SSSR count). The Balaban J connectivity index is 1.94. The summed E-state index contributed by atoms with van der Waals surface area (Å²) in [5, 5.41) is 13.8. The van der Waals surface area contributed by atoms with Crippen molar-refractivity contribution in [2.24, 2.45) is 0 Å². The zero-order valence-electron chi connectivity index (χ0n) is 9.37. The minimum Gasteiger partial charge on any atom is -0.342 e. The molecule has 0 aromatic heterocycles. The van der Waals surface area contributed by atoms with Crippen molar-refractivity contribution in [2.45, 2.75) is 0 Å². The average Bonchev–Trinajstić information content (AvgIpc) is 2.33. The number of nitrogens with one attached hydrogen (secondary N) is 2. The molecule has 0 aliphatic carbocycles. The van der Waals surface area contributed by atoms with Crippen molar-refractivity contribution < 1.29 is 4.79 Å². The second kappa shape index (κ2) is 8.39. The van der Waals surface area contributed by atoms with Gasteiger partial charge in [-0.1, -0.05) is 0 Å². The van der Waals surface area contributed by atoms with E-state index in [1.165, 1.54) is 11.5 Å². The van der Waals surface area contributed by atoms with Gasteiger partial charge in [-0.15, -0.1) is 0 Å². The number of hydrogen-bond acceptors (Lipinski definition) is 5. The van der Waals surface area contributed by atoms with Crippen LogP contribution in [0.1, 0.15) is 0 Å². The topological polar surface area (TPSA) is 68.2 Å². The van der Waals surface area contributed by atoms with Crippen LogP contribution in [0.4, 0.5) is 0 Å². The maximum Gasteiger partial charge on any atom is 0.234 e. The van der Waals surface area contributed by atoms with Crippen LogP contribution in [0.5, 0.6) is 0 Å². The third kappa shape index (κ3) is 5.95. The van der Waals surface area contributed by atoms with Crippen molar-refractivity contribution in [3.63, 3.8) is 0 Å². The zero-order valence-corrected chi connectivity index (χ0v) is 10.2. The summed E-state index contributed by atoms with van der Waals surface area (Å²) < 4.78 is 0. The lowest BCUT2D eigenvalue weighted by molar-refractivity contribution is -0.120.